The minimum absolute atomic E-state index is 0.397. The van der Waals surface area contributed by atoms with Crippen molar-refractivity contribution in [1.82, 2.24) is 0 Å². The summed E-state index contributed by atoms with van der Waals surface area (Å²) in [7, 11) is 0. The molecule has 0 aliphatic heterocycles. The first-order chi connectivity index (χ1) is 5.28. The predicted molar refractivity (Wildman–Crippen MR) is 42.9 cm³/mol. The van der Waals surface area contributed by atoms with E-state index in [2.05, 4.69) is 19.1 Å². The zero-order valence-corrected chi connectivity index (χ0v) is 6.83. The van der Waals surface area contributed by atoms with Crippen molar-refractivity contribution in [2.75, 3.05) is 6.61 Å². The van der Waals surface area contributed by atoms with Crippen molar-refractivity contribution < 1.29 is 5.11 Å². The molecule has 11 heavy (non-hydrogen) atoms. The van der Waals surface area contributed by atoms with Crippen molar-refractivity contribution in [1.29, 1.82) is 0 Å². The van der Waals surface area contributed by atoms with E-state index >= 15 is 0 Å². The second-order valence-electron chi connectivity index (χ2n) is 4.59. The molecule has 0 aromatic carbocycles. The third kappa shape index (κ3) is 0.478. The Hall–Kier alpha value is -0.300. The highest BCUT2D eigenvalue weighted by Crippen LogP contribution is 2.76. The first-order valence-electron chi connectivity index (χ1n) is 4.57. The lowest BCUT2D eigenvalue weighted by molar-refractivity contribution is 0.183. The number of allylic oxidation sites excluding steroid dienone is 2. The average Bonchev–Trinajstić information content (AvgIpc) is 2.33. The Kier molecular flexibility index (Phi) is 0.885. The molecule has 0 spiro atoms. The van der Waals surface area contributed by atoms with Gasteiger partial charge in [0.25, 0.3) is 0 Å². The summed E-state index contributed by atoms with van der Waals surface area (Å²) in [6.45, 7) is 2.79. The molecule has 1 N–H and O–H groups in total. The molecule has 0 aromatic heterocycles. The lowest BCUT2D eigenvalue weighted by atomic mass is 9.87. The summed E-state index contributed by atoms with van der Waals surface area (Å²) in [6, 6.07) is 0. The summed E-state index contributed by atoms with van der Waals surface area (Å²) < 4.78 is 0. The van der Waals surface area contributed by atoms with E-state index in [9.17, 15) is 0 Å². The van der Waals surface area contributed by atoms with Crippen molar-refractivity contribution in [3.63, 3.8) is 0 Å². The molecule has 0 heterocycles. The van der Waals surface area contributed by atoms with Crippen LogP contribution in [0.25, 0.3) is 0 Å². The van der Waals surface area contributed by atoms with E-state index < -0.39 is 0 Å². The van der Waals surface area contributed by atoms with Gasteiger partial charge < -0.3 is 5.11 Å². The van der Waals surface area contributed by atoms with Gasteiger partial charge in [-0.05, 0) is 35.5 Å². The highest BCUT2D eigenvalue weighted by atomic mass is 16.3. The highest BCUT2D eigenvalue weighted by Gasteiger charge is 2.71. The Morgan fingerprint density at radius 2 is 2.18 bits per heavy atom. The fourth-order valence-electron chi connectivity index (χ4n) is 3.64. The maximum atomic E-state index is 9.10. The third-order valence-corrected chi connectivity index (χ3v) is 4.38. The predicted octanol–water partition coefficient (Wildman–Crippen LogP) is 1.44. The van der Waals surface area contributed by atoms with Gasteiger partial charge in [0.05, 0.1) is 0 Å². The smallest absolute Gasteiger partial charge is 0.0465 e. The molecule has 5 atom stereocenters. The van der Waals surface area contributed by atoms with Crippen LogP contribution in [0.5, 0.6) is 0 Å². The molecule has 3 aliphatic rings. The Balaban J connectivity index is 1.97. The monoisotopic (exact) mass is 150 g/mol. The molecule has 0 amide bonds. The van der Waals surface area contributed by atoms with Crippen LogP contribution in [0, 0.1) is 29.1 Å². The Labute approximate surface area is 67.1 Å². The lowest BCUT2D eigenvalue weighted by Gasteiger charge is -2.19. The Morgan fingerprint density at radius 3 is 2.82 bits per heavy atom. The zero-order valence-electron chi connectivity index (χ0n) is 6.83. The van der Waals surface area contributed by atoms with Gasteiger partial charge in [-0.25, -0.2) is 0 Å². The Morgan fingerprint density at radius 1 is 1.45 bits per heavy atom. The summed E-state index contributed by atoms with van der Waals surface area (Å²) in [6.07, 6.45) is 6.00. The molecule has 0 aromatic rings. The largest absolute Gasteiger partial charge is 0.396 e. The summed E-state index contributed by atoms with van der Waals surface area (Å²) in [5, 5.41) is 9.10. The van der Waals surface area contributed by atoms with E-state index in [1.807, 2.05) is 0 Å². The molecule has 2 fully saturated rings. The minimum atomic E-state index is 0.397. The van der Waals surface area contributed by atoms with Gasteiger partial charge >= 0.3 is 0 Å². The van der Waals surface area contributed by atoms with Crippen molar-refractivity contribution in [3.8, 4) is 0 Å². The van der Waals surface area contributed by atoms with Crippen LogP contribution in [0.1, 0.15) is 13.3 Å². The molecule has 60 valence electrons. The fraction of sp³-hybridized carbons (Fsp3) is 0.800. The molecule has 1 heteroatoms. The number of aliphatic hydroxyl groups is 1. The molecule has 0 saturated heterocycles. The molecule has 3 rings (SSSR count). The van der Waals surface area contributed by atoms with Gasteiger partial charge in [-0.2, -0.15) is 0 Å². The fourth-order valence-corrected chi connectivity index (χ4v) is 3.64. The molecule has 2 saturated carbocycles. The van der Waals surface area contributed by atoms with Gasteiger partial charge in [0.15, 0.2) is 0 Å². The van der Waals surface area contributed by atoms with E-state index in [4.69, 9.17) is 5.11 Å². The van der Waals surface area contributed by atoms with Crippen LogP contribution in [0.15, 0.2) is 12.2 Å². The molecular formula is C10H14O. The van der Waals surface area contributed by atoms with E-state index in [-0.39, 0.29) is 0 Å². The maximum absolute atomic E-state index is 9.10. The summed E-state index contributed by atoms with van der Waals surface area (Å²) in [4.78, 5) is 0. The normalized spacial score (nSPS) is 63.5. The topological polar surface area (TPSA) is 20.2 Å². The summed E-state index contributed by atoms with van der Waals surface area (Å²) in [5.41, 5.74) is 0.591. The van der Waals surface area contributed by atoms with Crippen LogP contribution in [-0.2, 0) is 0 Å². The quantitative estimate of drug-likeness (QED) is 0.561. The minimum Gasteiger partial charge on any atom is -0.396 e. The average molecular weight is 150 g/mol. The first-order valence-corrected chi connectivity index (χ1v) is 4.57. The van der Waals surface area contributed by atoms with E-state index in [0.29, 0.717) is 23.9 Å². The van der Waals surface area contributed by atoms with Crippen LogP contribution in [0.4, 0.5) is 0 Å². The number of rotatable bonds is 1. The van der Waals surface area contributed by atoms with Gasteiger partial charge in [-0.3, -0.25) is 0 Å². The first kappa shape index (κ1) is 6.24. The second kappa shape index (κ2) is 1.56. The third-order valence-electron chi connectivity index (χ3n) is 4.38. The summed E-state index contributed by atoms with van der Waals surface area (Å²) in [5.74, 6) is 3.10. The Bertz CT molecular complexity index is 233. The summed E-state index contributed by atoms with van der Waals surface area (Å²) >= 11 is 0. The van der Waals surface area contributed by atoms with Crippen molar-refractivity contribution in [2.24, 2.45) is 29.1 Å². The molecule has 3 aliphatic carbocycles. The zero-order chi connectivity index (χ0) is 7.64. The van der Waals surface area contributed by atoms with Gasteiger partial charge in [-0.15, -0.1) is 0 Å². The lowest BCUT2D eigenvalue weighted by Crippen LogP contribution is -2.17. The number of fused-ring (bicyclic) bond motifs is 1. The molecule has 0 bridgehead atoms. The van der Waals surface area contributed by atoms with Crippen molar-refractivity contribution in [3.05, 3.63) is 12.2 Å². The number of hydrogen-bond acceptors (Lipinski definition) is 1. The SMILES string of the molecule is C[C@]12[C@@H]3C=C[C@H]1[C@@H](CO)C[C@@H]32. The molecule has 1 nitrogen and oxygen atoms in total. The van der Waals surface area contributed by atoms with Crippen LogP contribution in [-0.4, -0.2) is 11.7 Å². The van der Waals surface area contributed by atoms with Gasteiger partial charge in [0.1, 0.15) is 0 Å². The highest BCUT2D eigenvalue weighted by molar-refractivity contribution is 5.32. The standard InChI is InChI=1S/C10H14O/c1-10-7-2-3-8(10)9(10)4-6(7)5-11/h2-3,6-9,11H,4-5H2,1H3/t6-,7+,8-,9+,10-/m1/s1. The maximum Gasteiger partial charge on any atom is 0.0465 e. The van der Waals surface area contributed by atoms with Crippen LogP contribution in [0.3, 0.4) is 0 Å². The molecule has 0 radical (unpaired) electrons. The number of hydrogen-bond donors (Lipinski definition) is 1. The molecule has 0 unspecified atom stereocenters. The van der Waals surface area contributed by atoms with Crippen molar-refractivity contribution >= 4 is 0 Å². The molecular weight excluding hydrogens is 136 g/mol. The van der Waals surface area contributed by atoms with E-state index in [1.54, 1.807) is 0 Å². The van der Waals surface area contributed by atoms with E-state index in [1.165, 1.54) is 6.42 Å². The van der Waals surface area contributed by atoms with Gasteiger partial charge in [-0.1, -0.05) is 19.1 Å². The van der Waals surface area contributed by atoms with Gasteiger partial charge in [0.2, 0.25) is 0 Å². The van der Waals surface area contributed by atoms with Crippen molar-refractivity contribution in [2.45, 2.75) is 13.3 Å². The second-order valence-corrected chi connectivity index (χ2v) is 4.59. The van der Waals surface area contributed by atoms with E-state index in [0.717, 1.165) is 11.8 Å². The van der Waals surface area contributed by atoms with Crippen LogP contribution >= 0.6 is 0 Å². The van der Waals surface area contributed by atoms with Crippen LogP contribution in [0.2, 0.25) is 0 Å². The number of aliphatic hydroxyl groups excluding tert-OH is 1. The van der Waals surface area contributed by atoms with Gasteiger partial charge in [0, 0.05) is 6.61 Å². The van der Waals surface area contributed by atoms with Crippen LogP contribution < -0.4 is 0 Å².